The fourth-order valence-electron chi connectivity index (χ4n) is 0.899. The highest BCUT2D eigenvalue weighted by Crippen LogP contribution is 2.50. The quantitative estimate of drug-likeness (QED) is 0.407. The molecule has 0 saturated carbocycles. The van der Waals surface area contributed by atoms with Crippen LogP contribution in [-0.2, 0) is 32.9 Å². The summed E-state index contributed by atoms with van der Waals surface area (Å²) >= 11 is 0. The molecule has 0 bridgehead atoms. The lowest BCUT2D eigenvalue weighted by Gasteiger charge is -2.20. The van der Waals surface area contributed by atoms with Crippen molar-refractivity contribution >= 4 is 23.7 Å². The van der Waals surface area contributed by atoms with Crippen molar-refractivity contribution < 1.29 is 36.1 Å². The van der Waals surface area contributed by atoms with Crippen LogP contribution in [0.15, 0.2) is 0 Å². The zero-order valence-electron chi connectivity index (χ0n) is 9.65. The van der Waals surface area contributed by atoms with Crippen LogP contribution < -0.4 is 0 Å². The van der Waals surface area contributed by atoms with Gasteiger partial charge >= 0.3 is 28.9 Å². The maximum absolute atomic E-state index is 11.6. The zero-order chi connectivity index (χ0) is 13.7. The van der Waals surface area contributed by atoms with Gasteiger partial charge in [-0.25, -0.2) is 0 Å². The van der Waals surface area contributed by atoms with Gasteiger partial charge < -0.3 is 14.2 Å². The summed E-state index contributed by atoms with van der Waals surface area (Å²) in [6.07, 6.45) is 0. The lowest BCUT2D eigenvalue weighted by atomic mass is 10.8. The Morgan fingerprint density at radius 3 is 2.24 bits per heavy atom. The summed E-state index contributed by atoms with van der Waals surface area (Å²) in [6, 6.07) is 0. The molecule has 8 nitrogen and oxygen atoms in total. The predicted molar refractivity (Wildman–Crippen MR) is 57.6 cm³/mol. The molecule has 0 rings (SSSR count). The lowest BCUT2D eigenvalue weighted by molar-refractivity contribution is -0.141. The molecule has 0 aromatic heterocycles. The van der Waals surface area contributed by atoms with Crippen molar-refractivity contribution in [3.05, 3.63) is 0 Å². The molecule has 0 heterocycles. The monoisotopic (exact) mass is 290 g/mol. The molecule has 102 valence electrons. The number of esters is 1. The third-order valence-corrected chi connectivity index (χ3v) is 5.37. The van der Waals surface area contributed by atoms with Gasteiger partial charge in [-0.05, 0) is 13.8 Å². The van der Waals surface area contributed by atoms with Crippen molar-refractivity contribution in [2.45, 2.75) is 25.9 Å². The number of ether oxygens (including phenoxy) is 1. The number of carbonyl (C=O) groups is 1. The van der Waals surface area contributed by atoms with E-state index in [9.17, 15) is 22.7 Å². The summed E-state index contributed by atoms with van der Waals surface area (Å²) in [5, 5.41) is -2.37. The van der Waals surface area contributed by atoms with Crippen LogP contribution in [0, 0.1) is 0 Å². The second-order valence-corrected chi connectivity index (χ2v) is 6.65. The van der Waals surface area contributed by atoms with Crippen LogP contribution in [0.2, 0.25) is 0 Å². The van der Waals surface area contributed by atoms with E-state index in [1.807, 2.05) is 0 Å². The Hall–Kier alpha value is -0.470. The average Bonchev–Trinajstić information content (AvgIpc) is 2.13. The van der Waals surface area contributed by atoms with Crippen LogP contribution in [0.5, 0.6) is 0 Å². The van der Waals surface area contributed by atoms with E-state index in [0.717, 1.165) is 6.92 Å². The first-order chi connectivity index (χ1) is 7.67. The van der Waals surface area contributed by atoms with Crippen molar-refractivity contribution in [1.29, 1.82) is 0 Å². The molecule has 0 aliphatic rings. The summed E-state index contributed by atoms with van der Waals surface area (Å²) in [7, 11) is -9.19. The Bertz CT molecular complexity index is 402. The molecule has 0 fully saturated rings. The molecular weight excluding hydrogens is 275 g/mol. The fourth-order valence-corrected chi connectivity index (χ4v) is 4.04. The van der Waals surface area contributed by atoms with E-state index in [1.165, 1.54) is 13.8 Å². The van der Waals surface area contributed by atoms with Crippen molar-refractivity contribution in [3.63, 3.8) is 0 Å². The Morgan fingerprint density at radius 2 is 1.88 bits per heavy atom. The first-order valence-electron chi connectivity index (χ1n) is 4.69. The van der Waals surface area contributed by atoms with Gasteiger partial charge in [0.15, 0.2) is 0 Å². The highest BCUT2D eigenvalue weighted by atomic mass is 32.2. The van der Waals surface area contributed by atoms with Gasteiger partial charge in [0.1, 0.15) is 0 Å². The number of carbonyl (C=O) groups excluding carboxylic acids is 1. The zero-order valence-corrected chi connectivity index (χ0v) is 11.4. The number of hydrogen-bond donors (Lipinski definition) is 1. The minimum atomic E-state index is -4.66. The number of rotatable bonds is 7. The van der Waals surface area contributed by atoms with Gasteiger partial charge in [-0.3, -0.25) is 13.5 Å². The van der Waals surface area contributed by atoms with E-state index in [1.54, 1.807) is 0 Å². The topological polar surface area (TPSA) is 116 Å². The van der Waals surface area contributed by atoms with Crippen LogP contribution in [0.25, 0.3) is 0 Å². The molecule has 1 N–H and O–H groups in total. The van der Waals surface area contributed by atoms with Gasteiger partial charge in [-0.15, -0.1) is 0 Å². The Morgan fingerprint density at radius 1 is 1.35 bits per heavy atom. The third kappa shape index (κ3) is 5.13. The van der Waals surface area contributed by atoms with Gasteiger partial charge in [0, 0.05) is 6.92 Å². The van der Waals surface area contributed by atoms with Crippen molar-refractivity contribution in [2.75, 3.05) is 13.2 Å². The maximum atomic E-state index is 11.6. The molecule has 10 heteroatoms. The first kappa shape index (κ1) is 16.5. The van der Waals surface area contributed by atoms with E-state index in [4.69, 9.17) is 0 Å². The normalized spacial score (nSPS) is 17.2. The largest absolute Gasteiger partial charge is 0.430 e. The molecule has 2 unspecified atom stereocenters. The lowest BCUT2D eigenvalue weighted by Crippen LogP contribution is -2.29. The molecule has 2 atom stereocenters. The molecule has 0 spiro atoms. The molecule has 0 aliphatic heterocycles. The van der Waals surface area contributed by atoms with Crippen LogP contribution >= 0.6 is 7.60 Å². The number of hydrogen-bond acceptors (Lipinski definition) is 7. The van der Waals surface area contributed by atoms with Gasteiger partial charge in [-0.2, -0.15) is 8.42 Å². The highest BCUT2D eigenvalue weighted by molar-refractivity contribution is 7.94. The summed E-state index contributed by atoms with van der Waals surface area (Å²) in [4.78, 5) is 20.1. The van der Waals surface area contributed by atoms with Crippen LogP contribution in [-0.4, -0.2) is 37.7 Å². The second kappa shape index (κ2) is 6.46. The molecule has 0 aromatic carbocycles. The minimum absolute atomic E-state index is 0.215. The first-order valence-corrected chi connectivity index (χ1v) is 7.81. The van der Waals surface area contributed by atoms with E-state index in [0.29, 0.717) is 0 Å². The van der Waals surface area contributed by atoms with E-state index >= 15 is 0 Å². The molecule has 0 aromatic rings. The highest BCUT2D eigenvalue weighted by Gasteiger charge is 2.46. The molecular formula is C7H15O8PS. The Labute approximate surface area is 99.5 Å². The second-order valence-electron chi connectivity index (χ2n) is 2.80. The van der Waals surface area contributed by atoms with Gasteiger partial charge in [-0.1, -0.05) is 0 Å². The molecule has 0 aliphatic carbocycles. The summed E-state index contributed by atoms with van der Waals surface area (Å²) in [6.45, 7) is 3.19. The minimum Gasteiger partial charge on any atom is -0.430 e. The van der Waals surface area contributed by atoms with Gasteiger partial charge in [0.2, 0.25) is 0 Å². The van der Waals surface area contributed by atoms with Crippen LogP contribution in [0.1, 0.15) is 20.8 Å². The smallest absolute Gasteiger partial charge is 0.386 e. The van der Waals surface area contributed by atoms with Crippen LogP contribution in [0.3, 0.4) is 0 Å². The molecule has 0 saturated heterocycles. The summed E-state index contributed by atoms with van der Waals surface area (Å²) in [5.74, 6) is -1.03. The molecule has 0 amide bonds. The van der Waals surface area contributed by atoms with E-state index < -0.39 is 28.9 Å². The Kier molecular flexibility index (Phi) is 6.28. The SMILES string of the molecule is CCOP(=O)(O)C(OC(C)=O)S(=O)(=O)OCC. The summed E-state index contributed by atoms with van der Waals surface area (Å²) < 4.78 is 47.5. The van der Waals surface area contributed by atoms with Crippen molar-refractivity contribution in [1.82, 2.24) is 0 Å². The maximum Gasteiger partial charge on any atom is 0.386 e. The summed E-state index contributed by atoms with van der Waals surface area (Å²) in [5.41, 5.74) is 0. The van der Waals surface area contributed by atoms with Gasteiger partial charge in [0.25, 0.3) is 0 Å². The standard InChI is InChI=1S/C7H15O8PS/c1-4-13-16(9,10)7(15-6(3)8)17(11,12)14-5-2/h7H,4-5H2,1-3H3,(H,9,10). The molecule has 0 radical (unpaired) electrons. The predicted octanol–water partition coefficient (Wildman–Crippen LogP) is 0.421. The van der Waals surface area contributed by atoms with E-state index in [2.05, 4.69) is 13.4 Å². The van der Waals surface area contributed by atoms with E-state index in [-0.39, 0.29) is 13.2 Å². The van der Waals surface area contributed by atoms with Crippen LogP contribution in [0.4, 0.5) is 0 Å². The fraction of sp³-hybridized carbons (Fsp3) is 0.857. The third-order valence-electron chi connectivity index (χ3n) is 1.38. The van der Waals surface area contributed by atoms with Crippen molar-refractivity contribution in [2.24, 2.45) is 0 Å². The Balaban J connectivity index is 5.28. The average molecular weight is 290 g/mol. The molecule has 17 heavy (non-hydrogen) atoms. The van der Waals surface area contributed by atoms with Crippen molar-refractivity contribution in [3.8, 4) is 0 Å². The van der Waals surface area contributed by atoms with Gasteiger partial charge in [0.05, 0.1) is 13.2 Å².